The van der Waals surface area contributed by atoms with Gasteiger partial charge in [-0.25, -0.2) is 4.68 Å². The topological polar surface area (TPSA) is 172 Å². The Morgan fingerprint density at radius 3 is 2.59 bits per heavy atom. The van der Waals surface area contributed by atoms with E-state index in [1.54, 1.807) is 30.3 Å². The van der Waals surface area contributed by atoms with Gasteiger partial charge in [-0.2, -0.15) is 0 Å². The van der Waals surface area contributed by atoms with E-state index in [1.165, 1.54) is 34.6 Å². The van der Waals surface area contributed by atoms with Gasteiger partial charge in [-0.3, -0.25) is 19.7 Å². The van der Waals surface area contributed by atoms with Crippen LogP contribution in [-0.2, 0) is 21.8 Å². The van der Waals surface area contributed by atoms with Crippen molar-refractivity contribution in [2.75, 3.05) is 11.9 Å². The Morgan fingerprint density at radius 2 is 1.83 bits per heavy atom. The zero-order chi connectivity index (χ0) is 32.8. The van der Waals surface area contributed by atoms with E-state index in [0.717, 1.165) is 11.1 Å². The van der Waals surface area contributed by atoms with Crippen LogP contribution in [0.1, 0.15) is 40.4 Å². The number of esters is 1. The first-order valence-corrected chi connectivity index (χ1v) is 15.3. The predicted molar refractivity (Wildman–Crippen MR) is 171 cm³/mol. The average molecular weight is 643 g/mol. The number of hydrogen-bond acceptors (Lipinski definition) is 11. The molecule has 46 heavy (non-hydrogen) atoms. The molecule has 0 unspecified atom stereocenters. The molecule has 14 heteroatoms. The van der Waals surface area contributed by atoms with Crippen molar-refractivity contribution in [3.63, 3.8) is 0 Å². The molecule has 1 aromatic heterocycles. The lowest BCUT2D eigenvalue weighted by Gasteiger charge is -2.15. The maximum atomic E-state index is 13.4. The fraction of sp³-hybridized carbons (Fsp3) is 0.219. The summed E-state index contributed by atoms with van der Waals surface area (Å²) in [4.78, 5) is 37.0. The first-order chi connectivity index (χ1) is 22.1. The van der Waals surface area contributed by atoms with Crippen molar-refractivity contribution in [3.05, 3.63) is 99.1 Å². The number of hydrogen-bond donors (Lipinski definition) is 2. The van der Waals surface area contributed by atoms with Gasteiger partial charge >= 0.3 is 11.7 Å². The lowest BCUT2D eigenvalue weighted by Crippen LogP contribution is -2.16. The van der Waals surface area contributed by atoms with Gasteiger partial charge in [-0.1, -0.05) is 61.2 Å². The molecule has 0 spiro atoms. The molecular formula is C32H30N6O7S. The maximum Gasteiger partial charge on any atom is 0.327 e. The van der Waals surface area contributed by atoms with Crippen LogP contribution in [0.3, 0.4) is 0 Å². The summed E-state index contributed by atoms with van der Waals surface area (Å²) in [6.45, 7) is 5.79. The summed E-state index contributed by atoms with van der Waals surface area (Å²) in [7, 11) is 0. The molecule has 0 aliphatic heterocycles. The molecule has 0 atom stereocenters. The number of fused-ring (bicyclic) bond motifs is 1. The number of aromatic nitrogens is 4. The van der Waals surface area contributed by atoms with Gasteiger partial charge in [0.2, 0.25) is 10.9 Å². The quantitative estimate of drug-likeness (QED) is 0.0672. The highest BCUT2D eigenvalue weighted by atomic mass is 32.2. The van der Waals surface area contributed by atoms with E-state index in [2.05, 4.69) is 20.8 Å². The Hall–Kier alpha value is -5.50. The van der Waals surface area contributed by atoms with Crippen LogP contribution in [-0.4, -0.2) is 48.7 Å². The van der Waals surface area contributed by atoms with Crippen molar-refractivity contribution < 1.29 is 29.1 Å². The molecule has 0 saturated carbocycles. The minimum atomic E-state index is -0.565. The second-order valence-electron chi connectivity index (χ2n) is 10.4. The summed E-state index contributed by atoms with van der Waals surface area (Å²) < 4.78 is 12.5. The van der Waals surface area contributed by atoms with Gasteiger partial charge in [0.1, 0.15) is 18.0 Å². The number of anilines is 1. The molecule has 0 saturated heterocycles. The molecule has 0 bridgehead atoms. The van der Waals surface area contributed by atoms with Crippen molar-refractivity contribution in [1.29, 1.82) is 0 Å². The Kier molecular flexibility index (Phi) is 9.76. The third kappa shape index (κ3) is 7.24. The van der Waals surface area contributed by atoms with Gasteiger partial charge in [0.15, 0.2) is 0 Å². The van der Waals surface area contributed by atoms with E-state index < -0.39 is 16.8 Å². The smallest absolute Gasteiger partial charge is 0.327 e. The molecule has 5 aromatic rings. The van der Waals surface area contributed by atoms with E-state index in [-0.39, 0.29) is 40.8 Å². The van der Waals surface area contributed by atoms with Crippen molar-refractivity contribution in [2.45, 2.75) is 44.6 Å². The molecule has 13 nitrogen and oxygen atoms in total. The lowest BCUT2D eigenvalue weighted by molar-refractivity contribution is -0.385. The summed E-state index contributed by atoms with van der Waals surface area (Å²) in [6, 6.07) is 18.3. The second kappa shape index (κ2) is 14.1. The highest BCUT2D eigenvalue weighted by Gasteiger charge is 2.23. The molecule has 1 amide bonds. The first kappa shape index (κ1) is 31.9. The second-order valence-corrected chi connectivity index (χ2v) is 11.3. The van der Waals surface area contributed by atoms with Crippen LogP contribution in [0, 0.1) is 24.0 Å². The van der Waals surface area contributed by atoms with Gasteiger partial charge in [-0.05, 0) is 65.6 Å². The van der Waals surface area contributed by atoms with E-state index in [9.17, 15) is 24.8 Å². The summed E-state index contributed by atoms with van der Waals surface area (Å²) >= 11 is 1.20. The van der Waals surface area contributed by atoms with E-state index in [1.807, 2.05) is 39.0 Å². The molecule has 236 valence electrons. The summed E-state index contributed by atoms with van der Waals surface area (Å²) in [5.41, 5.74) is 2.61. The van der Waals surface area contributed by atoms with Gasteiger partial charge in [-0.15, -0.1) is 5.10 Å². The molecule has 5 rings (SSSR count). The van der Waals surface area contributed by atoms with E-state index in [4.69, 9.17) is 9.47 Å². The van der Waals surface area contributed by atoms with Crippen LogP contribution in [0.2, 0.25) is 0 Å². The number of nitro benzene ring substituents is 1. The predicted octanol–water partition coefficient (Wildman–Crippen LogP) is 6.35. The maximum absolute atomic E-state index is 13.4. The molecule has 1 heterocycles. The highest BCUT2D eigenvalue weighted by Crippen LogP contribution is 2.41. The van der Waals surface area contributed by atoms with Crippen LogP contribution in [0.15, 0.2) is 71.9 Å². The number of rotatable bonds is 12. The van der Waals surface area contributed by atoms with Crippen LogP contribution in [0.4, 0.5) is 11.4 Å². The van der Waals surface area contributed by atoms with Gasteiger partial charge in [0.05, 0.1) is 17.1 Å². The summed E-state index contributed by atoms with van der Waals surface area (Å²) in [5.74, 6) is -0.923. The number of benzene rings is 4. The summed E-state index contributed by atoms with van der Waals surface area (Å²) in [5, 5.41) is 38.6. The Balaban J connectivity index is 1.41. The molecule has 0 aliphatic carbocycles. The van der Waals surface area contributed by atoms with Crippen molar-refractivity contribution in [1.82, 2.24) is 20.2 Å². The SMILES string of the molecule is CCCOC(=O)Cn1nnnc1SCc1ccc(Oc2cc(C(=O)Nc3cc(C)ccc3C)c(O)c3ccccc23)c([N+](=O)[O-])c1. The number of nitrogens with one attached hydrogen (secondary N) is 1. The number of carbonyl (C=O) groups is 2. The summed E-state index contributed by atoms with van der Waals surface area (Å²) in [6.07, 6.45) is 0.689. The molecule has 0 aliphatic rings. The number of phenols is 1. The van der Waals surface area contributed by atoms with Crippen molar-refractivity contribution >= 4 is 45.8 Å². The fourth-order valence-electron chi connectivity index (χ4n) is 4.58. The standard InChI is InChI=1S/C32H30N6O7S/c1-4-13-44-29(39)17-37-32(34-35-36-37)46-18-21-11-12-27(26(15-21)38(42)43)45-28-16-24(30(40)23-8-6-5-7-22(23)28)31(41)33-25-14-19(2)9-10-20(25)3/h5-12,14-16,40H,4,13,17-18H2,1-3H3,(H,33,41). The highest BCUT2D eigenvalue weighted by molar-refractivity contribution is 7.98. The number of tetrazole rings is 1. The zero-order valence-corrected chi connectivity index (χ0v) is 26.0. The van der Waals surface area contributed by atoms with E-state index in [0.29, 0.717) is 40.2 Å². The van der Waals surface area contributed by atoms with Gasteiger partial charge in [0.25, 0.3) is 5.91 Å². The fourth-order valence-corrected chi connectivity index (χ4v) is 5.40. The van der Waals surface area contributed by atoms with Crippen LogP contribution >= 0.6 is 11.8 Å². The monoisotopic (exact) mass is 642 g/mol. The minimum Gasteiger partial charge on any atom is -0.506 e. The van der Waals surface area contributed by atoms with Crippen molar-refractivity contribution in [3.8, 4) is 17.2 Å². The number of nitro groups is 1. The molecular weight excluding hydrogens is 612 g/mol. The van der Waals surface area contributed by atoms with Crippen LogP contribution in [0.5, 0.6) is 17.2 Å². The number of thioether (sulfide) groups is 1. The Morgan fingerprint density at radius 1 is 1.04 bits per heavy atom. The van der Waals surface area contributed by atoms with Crippen LogP contribution < -0.4 is 10.1 Å². The number of amides is 1. The molecule has 4 aromatic carbocycles. The largest absolute Gasteiger partial charge is 0.506 e. The minimum absolute atomic E-state index is 0.0541. The normalized spacial score (nSPS) is 10.9. The number of phenolic OH excluding ortho intramolecular Hbond substituents is 1. The third-order valence-electron chi connectivity index (χ3n) is 6.92. The Bertz CT molecular complexity index is 1940. The molecule has 0 radical (unpaired) electrons. The third-order valence-corrected chi connectivity index (χ3v) is 7.95. The first-order valence-electron chi connectivity index (χ1n) is 14.3. The zero-order valence-electron chi connectivity index (χ0n) is 25.2. The number of aromatic hydroxyl groups is 1. The lowest BCUT2D eigenvalue weighted by atomic mass is 10.0. The van der Waals surface area contributed by atoms with Crippen LogP contribution in [0.25, 0.3) is 10.8 Å². The number of ether oxygens (including phenoxy) is 2. The number of aryl methyl sites for hydroxylation is 2. The van der Waals surface area contributed by atoms with Gasteiger partial charge in [0, 0.05) is 28.3 Å². The number of carbonyl (C=O) groups excluding carboxylic acids is 2. The average Bonchev–Trinajstić information content (AvgIpc) is 3.48. The molecule has 0 fully saturated rings. The van der Waals surface area contributed by atoms with Crippen molar-refractivity contribution in [2.24, 2.45) is 0 Å². The number of nitrogens with zero attached hydrogens (tertiary/aromatic N) is 5. The van der Waals surface area contributed by atoms with E-state index >= 15 is 0 Å². The molecule has 2 N–H and O–H groups in total. The van der Waals surface area contributed by atoms with Gasteiger partial charge < -0.3 is 19.9 Å². The Labute approximate surface area is 267 Å².